The zero-order chi connectivity index (χ0) is 16.7. The fourth-order valence-electron chi connectivity index (χ4n) is 2.39. The highest BCUT2D eigenvalue weighted by molar-refractivity contribution is 5.93. The average Bonchev–Trinajstić information content (AvgIpc) is 2.49. The summed E-state index contributed by atoms with van der Waals surface area (Å²) in [5.41, 5.74) is 1.98. The first-order chi connectivity index (χ1) is 11.1. The first-order valence-electron chi connectivity index (χ1n) is 8.49. The normalized spacial score (nSPS) is 16.4. The third-order valence-corrected chi connectivity index (χ3v) is 4.35. The van der Waals surface area contributed by atoms with Crippen LogP contribution in [0.15, 0.2) is 29.3 Å². The Morgan fingerprint density at radius 1 is 1.39 bits per heavy atom. The third-order valence-electron chi connectivity index (χ3n) is 4.35. The van der Waals surface area contributed by atoms with Crippen molar-refractivity contribution in [2.45, 2.75) is 52.1 Å². The van der Waals surface area contributed by atoms with Gasteiger partial charge in [-0.1, -0.05) is 25.5 Å². The molecule has 0 aromatic heterocycles. The van der Waals surface area contributed by atoms with Crippen LogP contribution in [0.5, 0.6) is 0 Å². The Labute approximate surface area is 139 Å². The lowest BCUT2D eigenvalue weighted by molar-refractivity contribution is -0.122. The van der Waals surface area contributed by atoms with Gasteiger partial charge in [0.05, 0.1) is 0 Å². The van der Waals surface area contributed by atoms with Gasteiger partial charge in [-0.25, -0.2) is 0 Å². The molecule has 1 aromatic carbocycles. The van der Waals surface area contributed by atoms with Gasteiger partial charge in [0, 0.05) is 31.2 Å². The molecule has 0 saturated heterocycles. The molecule has 0 radical (unpaired) electrons. The quantitative estimate of drug-likeness (QED) is 0.558. The van der Waals surface area contributed by atoms with E-state index in [1.165, 1.54) is 6.42 Å². The van der Waals surface area contributed by atoms with Gasteiger partial charge in [-0.2, -0.15) is 0 Å². The van der Waals surface area contributed by atoms with Gasteiger partial charge in [0.15, 0.2) is 5.96 Å². The molecule has 0 aliphatic heterocycles. The number of rotatable bonds is 6. The van der Waals surface area contributed by atoms with Crippen molar-refractivity contribution in [2.24, 2.45) is 10.9 Å². The van der Waals surface area contributed by atoms with E-state index in [0.717, 1.165) is 36.5 Å². The van der Waals surface area contributed by atoms with E-state index in [1.54, 1.807) is 7.05 Å². The fourth-order valence-corrected chi connectivity index (χ4v) is 2.39. The van der Waals surface area contributed by atoms with Gasteiger partial charge in [0.1, 0.15) is 0 Å². The smallest absolute Gasteiger partial charge is 0.227 e. The average molecular weight is 316 g/mol. The minimum absolute atomic E-state index is 0.149. The maximum Gasteiger partial charge on any atom is 0.227 e. The summed E-state index contributed by atoms with van der Waals surface area (Å²) in [6, 6.07) is 8.35. The van der Waals surface area contributed by atoms with Gasteiger partial charge in [0.25, 0.3) is 0 Å². The second-order valence-corrected chi connectivity index (χ2v) is 6.20. The molecule has 2 rings (SSSR count). The van der Waals surface area contributed by atoms with Crippen molar-refractivity contribution in [1.82, 2.24) is 10.6 Å². The zero-order valence-electron chi connectivity index (χ0n) is 14.4. The summed E-state index contributed by atoms with van der Waals surface area (Å²) < 4.78 is 0. The molecule has 5 heteroatoms. The number of carbonyl (C=O) groups is 1. The summed E-state index contributed by atoms with van der Waals surface area (Å²) in [5.74, 6) is 1.15. The summed E-state index contributed by atoms with van der Waals surface area (Å²) >= 11 is 0. The molecule has 126 valence electrons. The molecule has 0 bridgehead atoms. The Bertz CT molecular complexity index is 552. The van der Waals surface area contributed by atoms with Gasteiger partial charge in [-0.05, 0) is 43.9 Å². The van der Waals surface area contributed by atoms with Crippen molar-refractivity contribution >= 4 is 17.6 Å². The monoisotopic (exact) mass is 316 g/mol. The van der Waals surface area contributed by atoms with E-state index in [-0.39, 0.29) is 11.8 Å². The van der Waals surface area contributed by atoms with E-state index in [2.05, 4.69) is 34.8 Å². The van der Waals surface area contributed by atoms with E-state index < -0.39 is 0 Å². The highest BCUT2D eigenvalue weighted by atomic mass is 16.1. The molecule has 1 fully saturated rings. The third kappa shape index (κ3) is 5.27. The Morgan fingerprint density at radius 3 is 2.78 bits per heavy atom. The van der Waals surface area contributed by atoms with Crippen molar-refractivity contribution < 1.29 is 4.79 Å². The number of hydrogen-bond donors (Lipinski definition) is 3. The molecule has 5 nitrogen and oxygen atoms in total. The molecule has 3 N–H and O–H groups in total. The summed E-state index contributed by atoms with van der Waals surface area (Å²) in [4.78, 5) is 16.2. The van der Waals surface area contributed by atoms with Crippen LogP contribution in [0.4, 0.5) is 5.69 Å². The van der Waals surface area contributed by atoms with Crippen LogP contribution in [-0.2, 0) is 11.3 Å². The molecule has 1 aliphatic rings. The molecule has 23 heavy (non-hydrogen) atoms. The van der Waals surface area contributed by atoms with Crippen molar-refractivity contribution in [3.8, 4) is 0 Å². The second-order valence-electron chi connectivity index (χ2n) is 6.20. The van der Waals surface area contributed by atoms with Crippen LogP contribution in [0.25, 0.3) is 0 Å². The Hall–Kier alpha value is -2.04. The maximum atomic E-state index is 12.0. The number of carbonyl (C=O) groups excluding carboxylic acids is 1. The highest BCUT2D eigenvalue weighted by Gasteiger charge is 2.25. The van der Waals surface area contributed by atoms with Gasteiger partial charge >= 0.3 is 0 Å². The zero-order valence-corrected chi connectivity index (χ0v) is 14.4. The van der Waals surface area contributed by atoms with Crippen LogP contribution in [0, 0.1) is 5.92 Å². The maximum absolute atomic E-state index is 12.0. The standard InChI is InChI=1S/C18H28N4O/c1-4-13(2)21-18(19-3)20-12-14-7-5-10-16(11-14)22-17(23)15-8-6-9-15/h5,7,10-11,13,15H,4,6,8-9,12H2,1-3H3,(H,22,23)(H2,19,20,21). The Morgan fingerprint density at radius 2 is 2.17 bits per heavy atom. The minimum Gasteiger partial charge on any atom is -0.354 e. The van der Waals surface area contributed by atoms with E-state index in [4.69, 9.17) is 0 Å². The van der Waals surface area contributed by atoms with Gasteiger partial charge in [-0.3, -0.25) is 9.79 Å². The second kappa shape index (κ2) is 8.56. The van der Waals surface area contributed by atoms with Crippen LogP contribution in [0.3, 0.4) is 0 Å². The summed E-state index contributed by atoms with van der Waals surface area (Å²) in [5, 5.41) is 9.65. The van der Waals surface area contributed by atoms with Gasteiger partial charge in [-0.15, -0.1) is 0 Å². The largest absolute Gasteiger partial charge is 0.354 e. The molecular formula is C18H28N4O. The predicted molar refractivity (Wildman–Crippen MR) is 95.5 cm³/mol. The fraction of sp³-hybridized carbons (Fsp3) is 0.556. The van der Waals surface area contributed by atoms with Crippen molar-refractivity contribution in [1.29, 1.82) is 0 Å². The van der Waals surface area contributed by atoms with Crippen molar-refractivity contribution in [2.75, 3.05) is 12.4 Å². The van der Waals surface area contributed by atoms with E-state index in [1.807, 2.05) is 24.3 Å². The number of anilines is 1. The molecule has 1 saturated carbocycles. The Kier molecular flexibility index (Phi) is 6.44. The van der Waals surface area contributed by atoms with E-state index in [0.29, 0.717) is 12.6 Å². The number of amides is 1. The highest BCUT2D eigenvalue weighted by Crippen LogP contribution is 2.27. The molecule has 1 aromatic rings. The molecule has 1 aliphatic carbocycles. The molecule has 1 amide bonds. The first kappa shape index (κ1) is 17.3. The minimum atomic E-state index is 0.149. The molecule has 1 atom stereocenters. The number of nitrogens with one attached hydrogen (secondary N) is 3. The molecule has 0 heterocycles. The summed E-state index contributed by atoms with van der Waals surface area (Å²) in [6.07, 6.45) is 4.25. The molecule has 1 unspecified atom stereocenters. The lowest BCUT2D eigenvalue weighted by atomic mass is 9.85. The molecule has 0 spiro atoms. The number of aliphatic imine (C=N–C) groups is 1. The lowest BCUT2D eigenvalue weighted by Gasteiger charge is -2.24. The topological polar surface area (TPSA) is 65.5 Å². The number of nitrogens with zero attached hydrogens (tertiary/aromatic N) is 1. The SMILES string of the molecule is CCC(C)NC(=NC)NCc1cccc(NC(=O)C2CCC2)c1. The van der Waals surface area contributed by atoms with Gasteiger partial charge < -0.3 is 16.0 Å². The predicted octanol–water partition coefficient (Wildman–Crippen LogP) is 2.89. The Balaban J connectivity index is 1.87. The van der Waals surface area contributed by atoms with Crippen molar-refractivity contribution in [3.05, 3.63) is 29.8 Å². The van der Waals surface area contributed by atoms with Gasteiger partial charge in [0.2, 0.25) is 5.91 Å². The summed E-state index contributed by atoms with van der Waals surface area (Å²) in [6.45, 7) is 4.94. The summed E-state index contributed by atoms with van der Waals surface area (Å²) in [7, 11) is 1.77. The van der Waals surface area contributed by atoms with Crippen LogP contribution in [-0.4, -0.2) is 25.0 Å². The van der Waals surface area contributed by atoms with Crippen LogP contribution < -0.4 is 16.0 Å². The van der Waals surface area contributed by atoms with E-state index >= 15 is 0 Å². The number of benzene rings is 1. The van der Waals surface area contributed by atoms with Crippen LogP contribution in [0.1, 0.15) is 45.1 Å². The number of guanidine groups is 1. The lowest BCUT2D eigenvalue weighted by Crippen LogP contribution is -2.41. The van der Waals surface area contributed by atoms with Crippen LogP contribution >= 0.6 is 0 Å². The first-order valence-corrected chi connectivity index (χ1v) is 8.49. The molecular weight excluding hydrogens is 288 g/mol. The van der Waals surface area contributed by atoms with E-state index in [9.17, 15) is 4.79 Å². The number of hydrogen-bond acceptors (Lipinski definition) is 2. The van der Waals surface area contributed by atoms with Crippen molar-refractivity contribution in [3.63, 3.8) is 0 Å². The van der Waals surface area contributed by atoms with Crippen LogP contribution in [0.2, 0.25) is 0 Å².